The standard InChI is InChI=1S/C23H18ClN3O2/c24-19-10-11-22(29-20-4-2-1-3-5-20)21(14-19)26-23(28)18-8-6-17(7-9-18)15-27-13-12-25-16-27/h1-14,16H,15H2,(H,26,28). The molecule has 0 unspecified atom stereocenters. The number of aromatic nitrogens is 2. The van der Waals surface area contributed by atoms with Crippen molar-refractivity contribution in [3.05, 3.63) is 108 Å². The predicted molar refractivity (Wildman–Crippen MR) is 114 cm³/mol. The maximum atomic E-state index is 12.7. The van der Waals surface area contributed by atoms with Crippen molar-refractivity contribution in [2.75, 3.05) is 5.32 Å². The minimum atomic E-state index is -0.237. The molecule has 1 amide bonds. The highest BCUT2D eigenvalue weighted by molar-refractivity contribution is 6.31. The lowest BCUT2D eigenvalue weighted by molar-refractivity contribution is 0.102. The summed E-state index contributed by atoms with van der Waals surface area (Å²) in [5, 5.41) is 3.40. The van der Waals surface area contributed by atoms with E-state index in [0.29, 0.717) is 34.3 Å². The van der Waals surface area contributed by atoms with Crippen LogP contribution in [0.15, 0.2) is 91.5 Å². The zero-order valence-corrected chi connectivity index (χ0v) is 16.2. The molecule has 29 heavy (non-hydrogen) atoms. The number of ether oxygens (including phenoxy) is 1. The molecule has 5 nitrogen and oxygen atoms in total. The summed E-state index contributed by atoms with van der Waals surface area (Å²) < 4.78 is 7.86. The fourth-order valence-electron chi connectivity index (χ4n) is 2.85. The molecule has 0 atom stereocenters. The van der Waals surface area contributed by atoms with E-state index in [1.807, 2.05) is 53.2 Å². The van der Waals surface area contributed by atoms with Crippen molar-refractivity contribution in [1.29, 1.82) is 0 Å². The van der Waals surface area contributed by atoms with Gasteiger partial charge in [0.1, 0.15) is 5.75 Å². The van der Waals surface area contributed by atoms with Gasteiger partial charge in [-0.05, 0) is 48.0 Å². The second kappa shape index (κ2) is 8.63. The molecule has 0 saturated carbocycles. The van der Waals surface area contributed by atoms with E-state index in [1.165, 1.54) is 0 Å². The molecule has 0 aliphatic heterocycles. The smallest absolute Gasteiger partial charge is 0.255 e. The zero-order chi connectivity index (χ0) is 20.1. The molecule has 0 bridgehead atoms. The minimum Gasteiger partial charge on any atom is -0.455 e. The molecule has 6 heteroatoms. The van der Waals surface area contributed by atoms with Crippen LogP contribution in [0.25, 0.3) is 0 Å². The van der Waals surface area contributed by atoms with Crippen LogP contribution in [0.4, 0.5) is 5.69 Å². The number of hydrogen-bond acceptors (Lipinski definition) is 3. The van der Waals surface area contributed by atoms with Crippen LogP contribution in [0.5, 0.6) is 11.5 Å². The lowest BCUT2D eigenvalue weighted by Gasteiger charge is -2.13. The lowest BCUT2D eigenvalue weighted by atomic mass is 10.1. The van der Waals surface area contributed by atoms with Crippen LogP contribution < -0.4 is 10.1 Å². The van der Waals surface area contributed by atoms with Gasteiger partial charge >= 0.3 is 0 Å². The summed E-state index contributed by atoms with van der Waals surface area (Å²) in [6.07, 6.45) is 5.39. The van der Waals surface area contributed by atoms with Gasteiger partial charge in [-0.25, -0.2) is 4.98 Å². The first-order valence-electron chi connectivity index (χ1n) is 9.06. The Hall–Kier alpha value is -3.57. The van der Waals surface area contributed by atoms with Crippen molar-refractivity contribution >= 4 is 23.2 Å². The van der Waals surface area contributed by atoms with Crippen molar-refractivity contribution in [2.45, 2.75) is 6.54 Å². The van der Waals surface area contributed by atoms with Gasteiger partial charge in [-0.2, -0.15) is 0 Å². The number of carbonyl (C=O) groups is 1. The van der Waals surface area contributed by atoms with E-state index >= 15 is 0 Å². The number of rotatable bonds is 6. The third-order valence-corrected chi connectivity index (χ3v) is 4.54. The normalized spacial score (nSPS) is 10.5. The van der Waals surface area contributed by atoms with Gasteiger partial charge < -0.3 is 14.6 Å². The summed E-state index contributed by atoms with van der Waals surface area (Å²) in [5.41, 5.74) is 2.13. The van der Waals surface area contributed by atoms with Crippen molar-refractivity contribution in [3.8, 4) is 11.5 Å². The van der Waals surface area contributed by atoms with Gasteiger partial charge in [-0.3, -0.25) is 4.79 Å². The monoisotopic (exact) mass is 403 g/mol. The van der Waals surface area contributed by atoms with Gasteiger partial charge in [0.05, 0.1) is 12.0 Å². The van der Waals surface area contributed by atoms with Crippen LogP contribution in [0.3, 0.4) is 0 Å². The Morgan fingerprint density at radius 3 is 2.55 bits per heavy atom. The number of nitrogens with one attached hydrogen (secondary N) is 1. The van der Waals surface area contributed by atoms with E-state index in [4.69, 9.17) is 16.3 Å². The largest absolute Gasteiger partial charge is 0.455 e. The second-order valence-corrected chi connectivity index (χ2v) is 6.88. The van der Waals surface area contributed by atoms with Gasteiger partial charge in [-0.15, -0.1) is 0 Å². The Balaban J connectivity index is 1.49. The summed E-state index contributed by atoms with van der Waals surface area (Å²) in [7, 11) is 0. The third-order valence-electron chi connectivity index (χ3n) is 4.30. The molecule has 1 N–H and O–H groups in total. The van der Waals surface area contributed by atoms with E-state index in [0.717, 1.165) is 5.56 Å². The number of imidazole rings is 1. The Morgan fingerprint density at radius 1 is 1.03 bits per heavy atom. The molecule has 4 rings (SSSR count). The molecule has 0 radical (unpaired) electrons. The van der Waals surface area contributed by atoms with Crippen LogP contribution in [-0.4, -0.2) is 15.5 Å². The van der Waals surface area contributed by atoms with Crippen LogP contribution in [0, 0.1) is 0 Å². The SMILES string of the molecule is O=C(Nc1cc(Cl)ccc1Oc1ccccc1)c1ccc(Cn2ccnc2)cc1. The van der Waals surface area contributed by atoms with Crippen molar-refractivity contribution < 1.29 is 9.53 Å². The van der Waals surface area contributed by atoms with Crippen LogP contribution in [0.1, 0.15) is 15.9 Å². The summed E-state index contributed by atoms with van der Waals surface area (Å²) in [6, 6.07) is 21.9. The molecule has 1 aromatic heterocycles. The van der Waals surface area contributed by atoms with E-state index < -0.39 is 0 Å². The summed E-state index contributed by atoms with van der Waals surface area (Å²) in [6.45, 7) is 0.700. The van der Waals surface area contributed by atoms with E-state index in [2.05, 4.69) is 10.3 Å². The lowest BCUT2D eigenvalue weighted by Crippen LogP contribution is -2.12. The predicted octanol–water partition coefficient (Wildman–Crippen LogP) is 5.63. The van der Waals surface area contributed by atoms with Gasteiger partial charge in [0, 0.05) is 29.5 Å². The Morgan fingerprint density at radius 2 is 1.83 bits per heavy atom. The molecular formula is C23H18ClN3O2. The molecule has 4 aromatic rings. The minimum absolute atomic E-state index is 0.237. The molecule has 0 spiro atoms. The van der Waals surface area contributed by atoms with Crippen LogP contribution in [-0.2, 0) is 6.54 Å². The van der Waals surface area contributed by atoms with Crippen molar-refractivity contribution in [1.82, 2.24) is 9.55 Å². The first kappa shape index (κ1) is 18.8. The van der Waals surface area contributed by atoms with Gasteiger partial charge in [-0.1, -0.05) is 41.9 Å². The molecule has 0 aliphatic carbocycles. The number of carbonyl (C=O) groups excluding carboxylic acids is 1. The van der Waals surface area contributed by atoms with Gasteiger partial charge in [0.2, 0.25) is 0 Å². The fraction of sp³-hybridized carbons (Fsp3) is 0.0435. The quantitative estimate of drug-likeness (QED) is 0.454. The topological polar surface area (TPSA) is 56.1 Å². The fourth-order valence-corrected chi connectivity index (χ4v) is 3.02. The molecule has 0 saturated heterocycles. The number of amides is 1. The highest BCUT2D eigenvalue weighted by Gasteiger charge is 2.12. The maximum absolute atomic E-state index is 12.7. The number of para-hydroxylation sites is 1. The Labute approximate surface area is 173 Å². The van der Waals surface area contributed by atoms with Crippen LogP contribution in [0.2, 0.25) is 5.02 Å². The average molecular weight is 404 g/mol. The first-order valence-corrected chi connectivity index (χ1v) is 9.44. The maximum Gasteiger partial charge on any atom is 0.255 e. The van der Waals surface area contributed by atoms with Gasteiger partial charge in [0.15, 0.2) is 5.75 Å². The van der Waals surface area contributed by atoms with E-state index in [-0.39, 0.29) is 5.91 Å². The van der Waals surface area contributed by atoms with E-state index in [9.17, 15) is 4.79 Å². The summed E-state index contributed by atoms with van der Waals surface area (Å²) in [4.78, 5) is 16.8. The number of benzene rings is 3. The summed E-state index contributed by atoms with van der Waals surface area (Å²) >= 11 is 6.12. The third kappa shape index (κ3) is 4.83. The number of halogens is 1. The number of hydrogen-bond donors (Lipinski definition) is 1. The zero-order valence-electron chi connectivity index (χ0n) is 15.5. The molecule has 1 heterocycles. The Kier molecular flexibility index (Phi) is 5.59. The molecular weight excluding hydrogens is 386 g/mol. The number of nitrogens with zero attached hydrogens (tertiary/aromatic N) is 2. The Bertz CT molecular complexity index is 1090. The second-order valence-electron chi connectivity index (χ2n) is 6.44. The van der Waals surface area contributed by atoms with Gasteiger partial charge in [0.25, 0.3) is 5.91 Å². The van der Waals surface area contributed by atoms with Crippen molar-refractivity contribution in [2.24, 2.45) is 0 Å². The number of anilines is 1. The molecule has 144 valence electrons. The first-order chi connectivity index (χ1) is 14.2. The molecule has 0 aliphatic rings. The van der Waals surface area contributed by atoms with Crippen LogP contribution >= 0.6 is 11.6 Å². The highest BCUT2D eigenvalue weighted by Crippen LogP contribution is 2.32. The average Bonchev–Trinajstić information content (AvgIpc) is 3.24. The van der Waals surface area contributed by atoms with Crippen molar-refractivity contribution in [3.63, 3.8) is 0 Å². The molecule has 3 aromatic carbocycles. The summed E-state index contributed by atoms with van der Waals surface area (Å²) in [5.74, 6) is 0.958. The van der Waals surface area contributed by atoms with E-state index in [1.54, 1.807) is 42.9 Å². The highest BCUT2D eigenvalue weighted by atomic mass is 35.5. The molecule has 0 fully saturated rings.